The summed E-state index contributed by atoms with van der Waals surface area (Å²) >= 11 is 0. The summed E-state index contributed by atoms with van der Waals surface area (Å²) in [5, 5.41) is 18.5. The molecule has 0 saturated carbocycles. The number of hydrogen-bond acceptors (Lipinski definition) is 5. The zero-order chi connectivity index (χ0) is 12.6. The van der Waals surface area contributed by atoms with E-state index in [0.717, 1.165) is 0 Å². The van der Waals surface area contributed by atoms with Gasteiger partial charge >= 0.3 is 5.97 Å². The van der Waals surface area contributed by atoms with Gasteiger partial charge < -0.3 is 9.63 Å². The number of carboxylic acid groups (broad SMARTS) is 1. The Labute approximate surface area is 95.1 Å². The van der Waals surface area contributed by atoms with E-state index in [1.165, 1.54) is 6.07 Å². The van der Waals surface area contributed by atoms with Gasteiger partial charge in [0.2, 0.25) is 0 Å². The Morgan fingerprint density at radius 3 is 2.71 bits per heavy atom. The molecule has 2 aromatic rings. The Morgan fingerprint density at radius 2 is 2.18 bits per heavy atom. The van der Waals surface area contributed by atoms with Gasteiger partial charge in [0.15, 0.2) is 0 Å². The van der Waals surface area contributed by atoms with Crippen LogP contribution in [0.25, 0.3) is 11.3 Å². The van der Waals surface area contributed by atoms with Gasteiger partial charge in [0.25, 0.3) is 5.56 Å². The zero-order valence-corrected chi connectivity index (χ0v) is 9.14. The van der Waals surface area contributed by atoms with Crippen LogP contribution in [0, 0.1) is 13.8 Å². The SMILES string of the molecule is Cc1noc(C)c1-c1cc(C(=O)O)c(=O)[nH]n1. The van der Waals surface area contributed by atoms with Crippen molar-refractivity contribution in [3.63, 3.8) is 0 Å². The van der Waals surface area contributed by atoms with Crippen LogP contribution in [-0.4, -0.2) is 26.4 Å². The highest BCUT2D eigenvalue weighted by Gasteiger charge is 2.17. The van der Waals surface area contributed by atoms with Crippen LogP contribution < -0.4 is 5.56 Å². The number of aromatic nitrogens is 3. The lowest BCUT2D eigenvalue weighted by Crippen LogP contribution is -2.18. The van der Waals surface area contributed by atoms with Crippen molar-refractivity contribution in [3.8, 4) is 11.3 Å². The molecule has 0 saturated heterocycles. The van der Waals surface area contributed by atoms with Gasteiger partial charge in [-0.25, -0.2) is 9.89 Å². The van der Waals surface area contributed by atoms with Crippen LogP contribution in [0.15, 0.2) is 15.4 Å². The average Bonchev–Trinajstić information content (AvgIpc) is 2.59. The molecule has 0 aromatic carbocycles. The van der Waals surface area contributed by atoms with Crippen LogP contribution in [0.5, 0.6) is 0 Å². The predicted molar refractivity (Wildman–Crippen MR) is 56.8 cm³/mol. The largest absolute Gasteiger partial charge is 0.477 e. The van der Waals surface area contributed by atoms with E-state index in [2.05, 4.69) is 15.4 Å². The molecule has 2 aromatic heterocycles. The molecular weight excluding hydrogens is 226 g/mol. The molecular formula is C10H9N3O4. The van der Waals surface area contributed by atoms with Crippen LogP contribution in [0.1, 0.15) is 21.8 Å². The topological polar surface area (TPSA) is 109 Å². The number of H-pyrrole nitrogens is 1. The lowest BCUT2D eigenvalue weighted by Gasteiger charge is -1.99. The van der Waals surface area contributed by atoms with Gasteiger partial charge in [-0.3, -0.25) is 4.79 Å². The third-order valence-corrected chi connectivity index (χ3v) is 2.32. The van der Waals surface area contributed by atoms with Crippen molar-refractivity contribution < 1.29 is 14.4 Å². The molecule has 17 heavy (non-hydrogen) atoms. The Morgan fingerprint density at radius 1 is 1.47 bits per heavy atom. The molecule has 0 radical (unpaired) electrons. The van der Waals surface area contributed by atoms with E-state index in [0.29, 0.717) is 22.7 Å². The van der Waals surface area contributed by atoms with E-state index in [1.54, 1.807) is 13.8 Å². The van der Waals surface area contributed by atoms with Gasteiger partial charge in [-0.2, -0.15) is 5.10 Å². The Balaban J connectivity index is 2.66. The second kappa shape index (κ2) is 3.85. The molecule has 0 fully saturated rings. The summed E-state index contributed by atoms with van der Waals surface area (Å²) in [5.41, 5.74) is 0.378. The minimum Gasteiger partial charge on any atom is -0.477 e. The molecule has 0 aliphatic rings. The molecule has 0 spiro atoms. The van der Waals surface area contributed by atoms with Crippen molar-refractivity contribution >= 4 is 5.97 Å². The molecule has 7 heteroatoms. The van der Waals surface area contributed by atoms with E-state index >= 15 is 0 Å². The number of aryl methyl sites for hydroxylation is 2. The van der Waals surface area contributed by atoms with Gasteiger partial charge in [-0.15, -0.1) is 0 Å². The maximum atomic E-state index is 11.2. The fraction of sp³-hybridized carbons (Fsp3) is 0.200. The third-order valence-electron chi connectivity index (χ3n) is 2.32. The van der Waals surface area contributed by atoms with Crippen molar-refractivity contribution in [3.05, 3.63) is 33.4 Å². The smallest absolute Gasteiger partial charge is 0.341 e. The number of nitrogens with one attached hydrogen (secondary N) is 1. The van der Waals surface area contributed by atoms with Gasteiger partial charge in [0.1, 0.15) is 11.3 Å². The number of aromatic amines is 1. The maximum Gasteiger partial charge on any atom is 0.341 e. The van der Waals surface area contributed by atoms with E-state index in [9.17, 15) is 9.59 Å². The summed E-state index contributed by atoms with van der Waals surface area (Å²) in [6.07, 6.45) is 0. The lowest BCUT2D eigenvalue weighted by atomic mass is 10.1. The first-order valence-electron chi connectivity index (χ1n) is 4.77. The summed E-state index contributed by atoms with van der Waals surface area (Å²) in [5.74, 6) is -0.792. The highest BCUT2D eigenvalue weighted by Crippen LogP contribution is 2.24. The molecule has 0 aliphatic heterocycles. The molecule has 0 atom stereocenters. The number of carboxylic acids is 1. The fourth-order valence-electron chi connectivity index (χ4n) is 1.54. The highest BCUT2D eigenvalue weighted by atomic mass is 16.5. The molecule has 2 N–H and O–H groups in total. The Bertz CT molecular complexity index is 622. The molecule has 0 bridgehead atoms. The zero-order valence-electron chi connectivity index (χ0n) is 9.14. The number of nitrogens with zero attached hydrogens (tertiary/aromatic N) is 2. The monoisotopic (exact) mass is 235 g/mol. The predicted octanol–water partition coefficient (Wildman–Crippen LogP) is 0.740. The number of hydrogen-bond donors (Lipinski definition) is 2. The maximum absolute atomic E-state index is 11.2. The molecule has 2 rings (SSSR count). The second-order valence-electron chi connectivity index (χ2n) is 3.50. The molecule has 7 nitrogen and oxygen atoms in total. The van der Waals surface area contributed by atoms with E-state index in [-0.39, 0.29) is 5.56 Å². The Hall–Kier alpha value is -2.44. The van der Waals surface area contributed by atoms with Crippen molar-refractivity contribution in [1.82, 2.24) is 15.4 Å². The number of carbonyl (C=O) groups is 1. The minimum atomic E-state index is -1.30. The molecule has 88 valence electrons. The molecule has 0 amide bonds. The third kappa shape index (κ3) is 1.82. The van der Waals surface area contributed by atoms with Crippen molar-refractivity contribution in [1.29, 1.82) is 0 Å². The van der Waals surface area contributed by atoms with Gasteiger partial charge in [0.05, 0.1) is 17.0 Å². The first-order valence-corrected chi connectivity index (χ1v) is 4.77. The van der Waals surface area contributed by atoms with Crippen molar-refractivity contribution in [2.24, 2.45) is 0 Å². The van der Waals surface area contributed by atoms with Gasteiger partial charge in [-0.05, 0) is 19.9 Å². The standard InChI is InChI=1S/C10H9N3O4/c1-4-8(5(2)17-13-4)7-3-6(10(15)16)9(14)12-11-7/h3H,1-2H3,(H,12,14)(H,15,16). The summed E-state index contributed by atoms with van der Waals surface area (Å²) in [4.78, 5) is 22.0. The van der Waals surface area contributed by atoms with Gasteiger partial charge in [0, 0.05) is 0 Å². The summed E-state index contributed by atoms with van der Waals surface area (Å²) in [7, 11) is 0. The molecule has 0 aliphatic carbocycles. The summed E-state index contributed by atoms with van der Waals surface area (Å²) in [6.45, 7) is 3.39. The number of aromatic carboxylic acids is 1. The van der Waals surface area contributed by atoms with Crippen LogP contribution in [0.2, 0.25) is 0 Å². The fourth-order valence-corrected chi connectivity index (χ4v) is 1.54. The quantitative estimate of drug-likeness (QED) is 0.794. The minimum absolute atomic E-state index is 0.318. The first-order chi connectivity index (χ1) is 8.00. The normalized spacial score (nSPS) is 10.5. The van der Waals surface area contributed by atoms with Crippen LogP contribution in [0.3, 0.4) is 0 Å². The van der Waals surface area contributed by atoms with Crippen LogP contribution in [-0.2, 0) is 0 Å². The lowest BCUT2D eigenvalue weighted by molar-refractivity contribution is 0.0694. The van der Waals surface area contributed by atoms with Crippen molar-refractivity contribution in [2.45, 2.75) is 13.8 Å². The van der Waals surface area contributed by atoms with E-state index in [1.807, 2.05) is 0 Å². The number of rotatable bonds is 2. The first kappa shape index (κ1) is 11.1. The highest BCUT2D eigenvalue weighted by molar-refractivity contribution is 5.88. The average molecular weight is 235 g/mol. The molecule has 2 heterocycles. The van der Waals surface area contributed by atoms with E-state index < -0.39 is 11.5 Å². The summed E-state index contributed by atoms with van der Waals surface area (Å²) < 4.78 is 4.95. The van der Waals surface area contributed by atoms with Gasteiger partial charge in [-0.1, -0.05) is 5.16 Å². The van der Waals surface area contributed by atoms with Crippen molar-refractivity contribution in [2.75, 3.05) is 0 Å². The van der Waals surface area contributed by atoms with Crippen LogP contribution >= 0.6 is 0 Å². The second-order valence-corrected chi connectivity index (χ2v) is 3.50. The molecule has 0 unspecified atom stereocenters. The van der Waals surface area contributed by atoms with E-state index in [4.69, 9.17) is 9.63 Å². The van der Waals surface area contributed by atoms with Crippen LogP contribution in [0.4, 0.5) is 0 Å². The Kier molecular flexibility index (Phi) is 2.51. The summed E-state index contributed by atoms with van der Waals surface area (Å²) in [6, 6.07) is 1.20.